The lowest BCUT2D eigenvalue weighted by molar-refractivity contribution is -0.145. The summed E-state index contributed by atoms with van der Waals surface area (Å²) in [5.41, 5.74) is 0.523. The zero-order valence-electron chi connectivity index (χ0n) is 10.3. The van der Waals surface area contributed by atoms with Crippen LogP contribution >= 0.6 is 23.1 Å². The maximum atomic E-state index is 12.5. The highest BCUT2D eigenvalue weighted by molar-refractivity contribution is 7.05. The van der Waals surface area contributed by atoms with Crippen LogP contribution in [0.3, 0.4) is 0 Å². The molecule has 9 heteroatoms. The van der Waals surface area contributed by atoms with E-state index in [9.17, 15) is 23.1 Å². The third-order valence-corrected chi connectivity index (χ3v) is 3.87. The summed E-state index contributed by atoms with van der Waals surface area (Å²) in [5, 5.41) is 9.36. The number of halogens is 4. The molecule has 1 aromatic carbocycles. The first-order chi connectivity index (χ1) is 9.79. The lowest BCUT2D eigenvalue weighted by Gasteiger charge is -2.10. The van der Waals surface area contributed by atoms with Gasteiger partial charge in [-0.05, 0) is 29.6 Å². The number of benzene rings is 1. The second-order valence-electron chi connectivity index (χ2n) is 4.14. The molecular formula is C12H8ClF3N2O2S. The second-order valence-corrected chi connectivity index (χ2v) is 5.33. The molecule has 1 unspecified atom stereocenters. The zero-order chi connectivity index (χ0) is 15.6. The van der Waals surface area contributed by atoms with E-state index in [1.165, 1.54) is 0 Å². The SMILES string of the molecule is O=C(O)C(Cc1ccccc1Cl)c1nc(C(F)(F)F)ns1. The molecule has 0 aliphatic carbocycles. The van der Waals surface area contributed by atoms with E-state index in [1.54, 1.807) is 24.3 Å². The first kappa shape index (κ1) is 15.7. The van der Waals surface area contributed by atoms with Gasteiger partial charge in [0.2, 0.25) is 5.82 Å². The first-order valence-electron chi connectivity index (χ1n) is 5.66. The molecule has 0 spiro atoms. The topological polar surface area (TPSA) is 63.1 Å². The summed E-state index contributed by atoms with van der Waals surface area (Å²) in [6, 6.07) is 6.54. The quantitative estimate of drug-likeness (QED) is 0.926. The van der Waals surface area contributed by atoms with Gasteiger partial charge in [0.15, 0.2) is 0 Å². The number of aliphatic carboxylic acids is 1. The third kappa shape index (κ3) is 3.70. The zero-order valence-corrected chi connectivity index (χ0v) is 11.8. The Kier molecular flexibility index (Phi) is 4.48. The molecule has 1 aromatic heterocycles. The van der Waals surface area contributed by atoms with Crippen molar-refractivity contribution in [3.63, 3.8) is 0 Å². The van der Waals surface area contributed by atoms with E-state index in [4.69, 9.17) is 11.6 Å². The van der Waals surface area contributed by atoms with Crippen molar-refractivity contribution in [1.29, 1.82) is 0 Å². The fourth-order valence-corrected chi connectivity index (χ4v) is 2.63. The third-order valence-electron chi connectivity index (χ3n) is 2.67. The van der Waals surface area contributed by atoms with E-state index in [0.717, 1.165) is 0 Å². The van der Waals surface area contributed by atoms with Crippen molar-refractivity contribution < 1.29 is 23.1 Å². The molecule has 0 saturated heterocycles. The molecule has 4 nitrogen and oxygen atoms in total. The molecule has 2 rings (SSSR count). The maximum Gasteiger partial charge on any atom is 0.452 e. The summed E-state index contributed by atoms with van der Waals surface area (Å²) >= 11 is 6.37. The van der Waals surface area contributed by atoms with Crippen molar-refractivity contribution in [2.75, 3.05) is 0 Å². The average Bonchev–Trinajstić information content (AvgIpc) is 2.86. The van der Waals surface area contributed by atoms with E-state index >= 15 is 0 Å². The van der Waals surface area contributed by atoms with Crippen LogP contribution in [0.25, 0.3) is 0 Å². The predicted octanol–water partition coefficient (Wildman–Crippen LogP) is 3.62. The van der Waals surface area contributed by atoms with Gasteiger partial charge in [-0.1, -0.05) is 29.8 Å². The van der Waals surface area contributed by atoms with Gasteiger partial charge in [0.1, 0.15) is 10.9 Å². The lowest BCUT2D eigenvalue weighted by Crippen LogP contribution is -2.15. The van der Waals surface area contributed by atoms with Crippen LogP contribution in [0.15, 0.2) is 24.3 Å². The van der Waals surface area contributed by atoms with E-state index in [1.807, 2.05) is 0 Å². The Morgan fingerprint density at radius 3 is 2.57 bits per heavy atom. The van der Waals surface area contributed by atoms with Crippen molar-refractivity contribution in [2.45, 2.75) is 18.5 Å². The summed E-state index contributed by atoms with van der Waals surface area (Å²) < 4.78 is 40.6. The summed E-state index contributed by atoms with van der Waals surface area (Å²) in [4.78, 5) is 14.6. The normalized spacial score (nSPS) is 13.1. The van der Waals surface area contributed by atoms with Crippen LogP contribution in [0, 0.1) is 0 Å². The van der Waals surface area contributed by atoms with Gasteiger partial charge in [-0.15, -0.1) is 0 Å². The molecule has 21 heavy (non-hydrogen) atoms. The Morgan fingerprint density at radius 2 is 2.05 bits per heavy atom. The molecule has 0 radical (unpaired) electrons. The van der Waals surface area contributed by atoms with Crippen LogP contribution in [0.4, 0.5) is 13.2 Å². The number of aromatic nitrogens is 2. The summed E-state index contributed by atoms with van der Waals surface area (Å²) in [6.07, 6.45) is -4.75. The van der Waals surface area contributed by atoms with Crippen molar-refractivity contribution in [3.8, 4) is 0 Å². The van der Waals surface area contributed by atoms with Gasteiger partial charge in [0.05, 0.1) is 0 Å². The van der Waals surface area contributed by atoms with Gasteiger partial charge in [-0.3, -0.25) is 4.79 Å². The number of carboxylic acids is 1. The minimum atomic E-state index is -4.69. The first-order valence-corrected chi connectivity index (χ1v) is 6.81. The molecule has 0 fully saturated rings. The van der Waals surface area contributed by atoms with Crippen LogP contribution in [-0.2, 0) is 17.4 Å². The summed E-state index contributed by atoms with van der Waals surface area (Å²) in [6.45, 7) is 0. The minimum absolute atomic E-state index is 0.0541. The van der Waals surface area contributed by atoms with Gasteiger partial charge >= 0.3 is 12.1 Å². The monoisotopic (exact) mass is 336 g/mol. The van der Waals surface area contributed by atoms with E-state index in [2.05, 4.69) is 9.36 Å². The van der Waals surface area contributed by atoms with Gasteiger partial charge < -0.3 is 5.11 Å². The van der Waals surface area contributed by atoms with Gasteiger partial charge in [0, 0.05) is 5.02 Å². The van der Waals surface area contributed by atoms with Gasteiger partial charge in [-0.2, -0.15) is 17.5 Å². The fourth-order valence-electron chi connectivity index (χ4n) is 1.66. The highest BCUT2D eigenvalue weighted by Gasteiger charge is 2.37. The van der Waals surface area contributed by atoms with Crippen molar-refractivity contribution in [2.24, 2.45) is 0 Å². The summed E-state index contributed by atoms with van der Waals surface area (Å²) in [7, 11) is 0. The summed E-state index contributed by atoms with van der Waals surface area (Å²) in [5.74, 6) is -3.83. The molecule has 2 aromatic rings. The number of alkyl halides is 3. The Labute approximate surface area is 126 Å². The van der Waals surface area contributed by atoms with E-state index in [0.29, 0.717) is 22.1 Å². The van der Waals surface area contributed by atoms with E-state index in [-0.39, 0.29) is 11.4 Å². The molecule has 0 aliphatic heterocycles. The van der Waals surface area contributed by atoms with Crippen molar-refractivity contribution in [1.82, 2.24) is 9.36 Å². The molecular weight excluding hydrogens is 329 g/mol. The molecule has 0 aliphatic rings. The Hall–Kier alpha value is -1.67. The van der Waals surface area contributed by atoms with Crippen LogP contribution in [0.2, 0.25) is 5.02 Å². The Morgan fingerprint density at radius 1 is 1.38 bits per heavy atom. The Balaban J connectivity index is 2.30. The van der Waals surface area contributed by atoms with Crippen LogP contribution in [0.5, 0.6) is 0 Å². The molecule has 0 amide bonds. The number of hydrogen-bond acceptors (Lipinski definition) is 4. The Bertz CT molecular complexity index is 660. The van der Waals surface area contributed by atoms with Crippen molar-refractivity contribution in [3.05, 3.63) is 45.7 Å². The standard InChI is InChI=1S/C12H8ClF3N2O2S/c13-8-4-2-1-3-6(8)5-7(10(19)20)9-17-11(18-21-9)12(14,15)16/h1-4,7H,5H2,(H,19,20). The number of carboxylic acid groups (broad SMARTS) is 1. The van der Waals surface area contributed by atoms with Crippen molar-refractivity contribution >= 4 is 29.1 Å². The maximum absolute atomic E-state index is 12.5. The number of nitrogens with zero attached hydrogens (tertiary/aromatic N) is 2. The second kappa shape index (κ2) is 5.98. The van der Waals surface area contributed by atoms with Crippen LogP contribution < -0.4 is 0 Å². The molecule has 1 N–H and O–H groups in total. The van der Waals surface area contributed by atoms with E-state index < -0.39 is 23.9 Å². The molecule has 0 bridgehead atoms. The fraction of sp³-hybridized carbons (Fsp3) is 0.250. The van der Waals surface area contributed by atoms with Crippen LogP contribution in [0.1, 0.15) is 22.3 Å². The lowest BCUT2D eigenvalue weighted by atomic mass is 10.00. The minimum Gasteiger partial charge on any atom is -0.481 e. The molecule has 0 saturated carbocycles. The van der Waals surface area contributed by atoms with Crippen LogP contribution in [-0.4, -0.2) is 20.4 Å². The number of carbonyl (C=O) groups is 1. The highest BCUT2D eigenvalue weighted by atomic mass is 35.5. The largest absolute Gasteiger partial charge is 0.481 e. The molecule has 1 heterocycles. The number of rotatable bonds is 4. The molecule has 112 valence electrons. The number of hydrogen-bond donors (Lipinski definition) is 1. The van der Waals surface area contributed by atoms with Gasteiger partial charge in [-0.25, -0.2) is 4.98 Å². The average molecular weight is 337 g/mol. The smallest absolute Gasteiger partial charge is 0.452 e. The predicted molar refractivity (Wildman–Crippen MR) is 70.4 cm³/mol. The molecule has 1 atom stereocenters. The van der Waals surface area contributed by atoms with Gasteiger partial charge in [0.25, 0.3) is 0 Å². The highest BCUT2D eigenvalue weighted by Crippen LogP contribution is 2.31.